The summed E-state index contributed by atoms with van der Waals surface area (Å²) in [6, 6.07) is 17.5. The summed E-state index contributed by atoms with van der Waals surface area (Å²) < 4.78 is 7.72. The van der Waals surface area contributed by atoms with Crippen LogP contribution in [0.2, 0.25) is 0 Å². The van der Waals surface area contributed by atoms with E-state index in [1.165, 1.54) is 11.8 Å². The molecule has 10 heteroatoms. The Morgan fingerprint density at radius 2 is 1.77 bits per heavy atom. The highest BCUT2D eigenvalue weighted by molar-refractivity contribution is 7.99. The van der Waals surface area contributed by atoms with Crippen LogP contribution in [0.3, 0.4) is 0 Å². The fourth-order valence-electron chi connectivity index (χ4n) is 4.11. The molecule has 2 amide bonds. The largest absolute Gasteiger partial charge is 0.453 e. The summed E-state index contributed by atoms with van der Waals surface area (Å²) >= 11 is 1.32. The number of para-hydroxylation sites is 1. The lowest BCUT2D eigenvalue weighted by Gasteiger charge is -2.35. The van der Waals surface area contributed by atoms with Crippen LogP contribution in [-0.2, 0) is 16.6 Å². The molecule has 1 aliphatic heterocycles. The van der Waals surface area contributed by atoms with Crippen LogP contribution in [0.15, 0.2) is 64.2 Å². The quantitative estimate of drug-likeness (QED) is 0.412. The molecular formula is C25H26N6O3S. The first-order valence-corrected chi connectivity index (χ1v) is 12.4. The van der Waals surface area contributed by atoms with Gasteiger partial charge < -0.3 is 24.1 Å². The number of piperazine rings is 1. The molecule has 2 aromatic carbocycles. The number of fused-ring (bicyclic) bond motifs is 1. The fourth-order valence-corrected chi connectivity index (χ4v) is 4.82. The monoisotopic (exact) mass is 490 g/mol. The van der Waals surface area contributed by atoms with Crippen LogP contribution in [-0.4, -0.2) is 63.4 Å². The van der Waals surface area contributed by atoms with E-state index in [2.05, 4.69) is 20.4 Å². The van der Waals surface area contributed by atoms with E-state index >= 15 is 0 Å². The molecule has 0 radical (unpaired) electrons. The minimum absolute atomic E-state index is 0.118. The SMILES string of the molecule is CC(=O)N1CCN(c2ccc(NC(=O)CSc3nnc(-c4cc5ccccc5o4)n3C)cc2)CC1. The van der Waals surface area contributed by atoms with E-state index < -0.39 is 0 Å². The topological polar surface area (TPSA) is 96.5 Å². The lowest BCUT2D eigenvalue weighted by atomic mass is 10.2. The van der Waals surface area contributed by atoms with Gasteiger partial charge >= 0.3 is 0 Å². The highest BCUT2D eigenvalue weighted by Gasteiger charge is 2.19. The summed E-state index contributed by atoms with van der Waals surface area (Å²) in [6.45, 7) is 4.66. The number of nitrogens with one attached hydrogen (secondary N) is 1. The Kier molecular flexibility index (Phi) is 6.45. The van der Waals surface area contributed by atoms with Crippen molar-refractivity contribution < 1.29 is 14.0 Å². The van der Waals surface area contributed by atoms with Gasteiger partial charge in [0.15, 0.2) is 16.7 Å². The van der Waals surface area contributed by atoms with Crippen molar-refractivity contribution in [3.05, 3.63) is 54.6 Å². The van der Waals surface area contributed by atoms with Gasteiger partial charge in [-0.05, 0) is 36.4 Å². The molecule has 3 heterocycles. The second kappa shape index (κ2) is 9.83. The molecule has 1 N–H and O–H groups in total. The lowest BCUT2D eigenvalue weighted by Crippen LogP contribution is -2.48. The van der Waals surface area contributed by atoms with Crippen molar-refractivity contribution in [2.24, 2.45) is 7.05 Å². The zero-order chi connectivity index (χ0) is 24.4. The van der Waals surface area contributed by atoms with E-state index in [0.717, 1.165) is 48.5 Å². The number of hydrogen-bond acceptors (Lipinski definition) is 7. The Morgan fingerprint density at radius 1 is 1.03 bits per heavy atom. The van der Waals surface area contributed by atoms with E-state index in [1.807, 2.05) is 71.1 Å². The first-order valence-electron chi connectivity index (χ1n) is 11.4. The number of furan rings is 1. The molecule has 0 unspecified atom stereocenters. The maximum atomic E-state index is 12.5. The van der Waals surface area contributed by atoms with Gasteiger partial charge in [-0.15, -0.1) is 10.2 Å². The molecule has 0 atom stereocenters. The first-order chi connectivity index (χ1) is 17.0. The molecule has 0 spiro atoms. The number of hydrogen-bond donors (Lipinski definition) is 1. The van der Waals surface area contributed by atoms with Crippen LogP contribution >= 0.6 is 11.8 Å². The Hall–Kier alpha value is -3.79. The third kappa shape index (κ3) is 5.02. The molecule has 180 valence electrons. The van der Waals surface area contributed by atoms with E-state index in [-0.39, 0.29) is 17.6 Å². The normalized spacial score (nSPS) is 13.9. The lowest BCUT2D eigenvalue weighted by molar-refractivity contribution is -0.129. The van der Waals surface area contributed by atoms with Crippen molar-refractivity contribution in [2.45, 2.75) is 12.1 Å². The molecule has 5 rings (SSSR count). The number of carbonyl (C=O) groups is 2. The van der Waals surface area contributed by atoms with Crippen LogP contribution in [0.25, 0.3) is 22.6 Å². The van der Waals surface area contributed by atoms with Gasteiger partial charge in [0.05, 0.1) is 5.75 Å². The molecule has 4 aromatic rings. The molecule has 0 bridgehead atoms. The summed E-state index contributed by atoms with van der Waals surface area (Å²) in [5, 5.41) is 13.0. The molecule has 0 aliphatic carbocycles. The van der Waals surface area contributed by atoms with Crippen LogP contribution in [0, 0.1) is 0 Å². The number of amides is 2. The third-order valence-corrected chi connectivity index (χ3v) is 7.07. The van der Waals surface area contributed by atoms with Crippen LogP contribution in [0.1, 0.15) is 6.92 Å². The first kappa shape index (κ1) is 23.0. The second-order valence-electron chi connectivity index (χ2n) is 8.39. The smallest absolute Gasteiger partial charge is 0.234 e. The molecule has 1 fully saturated rings. The van der Waals surface area contributed by atoms with E-state index in [1.54, 1.807) is 6.92 Å². The zero-order valence-electron chi connectivity index (χ0n) is 19.6. The average Bonchev–Trinajstić information content (AvgIpc) is 3.46. The van der Waals surface area contributed by atoms with Crippen molar-refractivity contribution in [3.8, 4) is 11.6 Å². The van der Waals surface area contributed by atoms with Crippen LogP contribution in [0.4, 0.5) is 11.4 Å². The Bertz CT molecular complexity index is 1320. The number of anilines is 2. The second-order valence-corrected chi connectivity index (χ2v) is 9.33. The van der Waals surface area contributed by atoms with Gasteiger partial charge in [-0.25, -0.2) is 0 Å². The number of rotatable bonds is 6. The maximum absolute atomic E-state index is 12.5. The van der Waals surface area contributed by atoms with Crippen molar-refractivity contribution in [2.75, 3.05) is 42.1 Å². The minimum Gasteiger partial charge on any atom is -0.453 e. The minimum atomic E-state index is -0.119. The Balaban J connectivity index is 1.15. The summed E-state index contributed by atoms with van der Waals surface area (Å²) in [5.41, 5.74) is 2.61. The van der Waals surface area contributed by atoms with Crippen molar-refractivity contribution >= 4 is 45.9 Å². The predicted octanol–water partition coefficient (Wildman–Crippen LogP) is 3.63. The van der Waals surface area contributed by atoms with E-state index in [9.17, 15) is 9.59 Å². The van der Waals surface area contributed by atoms with Gasteiger partial charge in [0.1, 0.15) is 5.58 Å². The standard InChI is InChI=1S/C25H26N6O3S/c1-17(32)30-11-13-31(14-12-30)20-9-7-19(8-10-20)26-23(33)16-35-25-28-27-24(29(25)2)22-15-18-5-3-4-6-21(18)34-22/h3-10,15H,11-14,16H2,1-2H3,(H,26,33). The molecule has 35 heavy (non-hydrogen) atoms. The van der Waals surface area contributed by atoms with E-state index in [4.69, 9.17) is 4.42 Å². The number of benzene rings is 2. The molecule has 0 saturated carbocycles. The van der Waals surface area contributed by atoms with Gasteiger partial charge in [0, 0.05) is 56.9 Å². The zero-order valence-corrected chi connectivity index (χ0v) is 20.4. The van der Waals surface area contributed by atoms with Crippen molar-refractivity contribution in [3.63, 3.8) is 0 Å². The van der Waals surface area contributed by atoms with Gasteiger partial charge in [0.25, 0.3) is 0 Å². The highest BCUT2D eigenvalue weighted by atomic mass is 32.2. The highest BCUT2D eigenvalue weighted by Crippen LogP contribution is 2.28. The van der Waals surface area contributed by atoms with Crippen molar-refractivity contribution in [1.82, 2.24) is 19.7 Å². The number of aromatic nitrogens is 3. The molecular weight excluding hydrogens is 464 g/mol. The summed E-state index contributed by atoms with van der Waals surface area (Å²) in [4.78, 5) is 28.1. The average molecular weight is 491 g/mol. The third-order valence-electron chi connectivity index (χ3n) is 6.05. The van der Waals surface area contributed by atoms with E-state index in [0.29, 0.717) is 16.7 Å². The predicted molar refractivity (Wildman–Crippen MR) is 136 cm³/mol. The summed E-state index contributed by atoms with van der Waals surface area (Å²) in [7, 11) is 1.86. The Morgan fingerprint density at radius 3 is 2.49 bits per heavy atom. The van der Waals surface area contributed by atoms with Gasteiger partial charge in [-0.3, -0.25) is 9.59 Å². The Labute approximate surface area is 207 Å². The summed E-state index contributed by atoms with van der Waals surface area (Å²) in [6.07, 6.45) is 0. The van der Waals surface area contributed by atoms with Gasteiger partial charge in [0.2, 0.25) is 11.8 Å². The number of nitrogens with zero attached hydrogens (tertiary/aromatic N) is 5. The van der Waals surface area contributed by atoms with Crippen LogP contribution < -0.4 is 10.2 Å². The molecule has 2 aromatic heterocycles. The van der Waals surface area contributed by atoms with Crippen LogP contribution in [0.5, 0.6) is 0 Å². The number of carbonyl (C=O) groups excluding carboxylic acids is 2. The summed E-state index contributed by atoms with van der Waals surface area (Å²) in [5.74, 6) is 1.46. The van der Waals surface area contributed by atoms with Crippen molar-refractivity contribution in [1.29, 1.82) is 0 Å². The molecule has 9 nitrogen and oxygen atoms in total. The van der Waals surface area contributed by atoms with Gasteiger partial charge in [-0.1, -0.05) is 30.0 Å². The number of thioether (sulfide) groups is 1. The fraction of sp³-hybridized carbons (Fsp3) is 0.280. The maximum Gasteiger partial charge on any atom is 0.234 e. The molecule has 1 aliphatic rings. The van der Waals surface area contributed by atoms with Gasteiger partial charge in [-0.2, -0.15) is 0 Å². The molecule has 1 saturated heterocycles.